The number of carbonyl (C=O) groups is 11. The number of benzene rings is 2. The first-order valence-corrected chi connectivity index (χ1v) is 31.9. The van der Waals surface area contributed by atoms with Gasteiger partial charge >= 0.3 is 6.18 Å². The molecule has 9 atom stereocenters. The molecule has 1 aliphatic carbocycles. The van der Waals surface area contributed by atoms with Crippen LogP contribution in [0.25, 0.3) is 0 Å². The van der Waals surface area contributed by atoms with Crippen molar-refractivity contribution in [3.63, 3.8) is 0 Å². The van der Waals surface area contributed by atoms with Gasteiger partial charge in [-0.05, 0) is 93.4 Å². The first kappa shape index (κ1) is 74.1. The van der Waals surface area contributed by atoms with E-state index >= 15 is 14.4 Å². The number of halogens is 3. The van der Waals surface area contributed by atoms with Crippen LogP contribution in [0.3, 0.4) is 0 Å². The summed E-state index contributed by atoms with van der Waals surface area (Å²) in [6.07, 6.45) is 0.725. The average molecular weight is 1280 g/mol. The molecular formula is C66H98F3N11O11. The summed E-state index contributed by atoms with van der Waals surface area (Å²) >= 11 is 0. The molecule has 22 nitrogen and oxygen atoms in total. The second kappa shape index (κ2) is 33.6. The summed E-state index contributed by atoms with van der Waals surface area (Å²) in [6.45, 7) is 8.88. The Bertz CT molecular complexity index is 2870. The number of nitrogens with zero attached hydrogens (tertiary/aromatic N) is 8. The number of fused-ring (bicyclic) bond motifs is 1. The number of likely N-dealkylation sites (N-methyl/N-ethyl adjacent to an activating group) is 7. The molecule has 3 fully saturated rings. The van der Waals surface area contributed by atoms with Crippen LogP contribution in [0.15, 0.2) is 54.6 Å². The van der Waals surface area contributed by atoms with Crippen LogP contribution in [0.2, 0.25) is 0 Å². The van der Waals surface area contributed by atoms with Crippen LogP contribution in [-0.4, -0.2) is 228 Å². The maximum absolute atomic E-state index is 15.2. The van der Waals surface area contributed by atoms with Gasteiger partial charge in [0, 0.05) is 74.8 Å². The van der Waals surface area contributed by atoms with E-state index in [2.05, 4.69) is 16.0 Å². The Labute approximate surface area is 534 Å². The van der Waals surface area contributed by atoms with Gasteiger partial charge in [0.15, 0.2) is 0 Å². The van der Waals surface area contributed by atoms with Gasteiger partial charge in [0.1, 0.15) is 42.3 Å². The highest BCUT2D eigenvalue weighted by Crippen LogP contribution is 2.31. The Morgan fingerprint density at radius 1 is 0.560 bits per heavy atom. The molecule has 2 saturated heterocycles. The van der Waals surface area contributed by atoms with E-state index in [0.29, 0.717) is 24.0 Å². The van der Waals surface area contributed by atoms with Crippen molar-refractivity contribution in [2.45, 2.75) is 186 Å². The fourth-order valence-electron chi connectivity index (χ4n) is 12.1. The third-order valence-corrected chi connectivity index (χ3v) is 18.4. The van der Waals surface area contributed by atoms with E-state index in [1.165, 1.54) is 92.9 Å². The van der Waals surface area contributed by atoms with E-state index in [1.807, 2.05) is 20.8 Å². The van der Waals surface area contributed by atoms with Gasteiger partial charge in [-0.1, -0.05) is 109 Å². The molecule has 0 aromatic heterocycles. The molecule has 0 radical (unpaired) electrons. The minimum absolute atomic E-state index is 0.00308. The number of amides is 11. The number of rotatable bonds is 11. The van der Waals surface area contributed by atoms with Gasteiger partial charge in [0.05, 0.1) is 25.2 Å². The summed E-state index contributed by atoms with van der Waals surface area (Å²) < 4.78 is 40.9. The number of nitrogens with one attached hydrogen (secondary N) is 3. The average Bonchev–Trinajstić information content (AvgIpc) is 1.82. The predicted octanol–water partition coefficient (Wildman–Crippen LogP) is 4.52. The highest BCUT2D eigenvalue weighted by molar-refractivity contribution is 5.98. The van der Waals surface area contributed by atoms with E-state index in [9.17, 15) is 51.5 Å². The van der Waals surface area contributed by atoms with Crippen LogP contribution < -0.4 is 16.0 Å². The normalized spacial score (nSPS) is 25.7. The van der Waals surface area contributed by atoms with Crippen molar-refractivity contribution in [2.75, 3.05) is 75.5 Å². The SMILES string of the molecule is CC[C@H](C)[C@@H]1NC(=O)[C@H](C)N(C)C(=O)C[C@@H](C)NC(=O)[C@H](CC(C)C)N(C)C(=O)[C@H](Cc2ccccc2)N(C)C(=O)[C@@H]2CCCN2C(=O)[C@H](CCc2ccc(C(F)(F)F)cc2)NC(=O)CN(C)C(=O)[C@H](CC2CCCCC2)N(C)C(=O)CN(C)C(=O)CN(C)C1=O. The fourth-order valence-corrected chi connectivity index (χ4v) is 12.1. The van der Waals surface area contributed by atoms with Gasteiger partial charge < -0.3 is 55.1 Å². The Morgan fingerprint density at radius 3 is 1.77 bits per heavy atom. The van der Waals surface area contributed by atoms with Crippen molar-refractivity contribution in [3.05, 3.63) is 71.3 Å². The molecule has 0 spiro atoms. The summed E-state index contributed by atoms with van der Waals surface area (Å²) in [5, 5.41) is 8.44. The summed E-state index contributed by atoms with van der Waals surface area (Å²) in [7, 11) is 9.92. The molecule has 2 aliphatic heterocycles. The molecule has 5 rings (SSSR count). The predicted molar refractivity (Wildman–Crippen MR) is 336 cm³/mol. The van der Waals surface area contributed by atoms with Crippen molar-refractivity contribution in [1.82, 2.24) is 55.1 Å². The van der Waals surface area contributed by atoms with E-state index in [0.717, 1.165) is 58.9 Å². The summed E-state index contributed by atoms with van der Waals surface area (Å²) in [6, 6.07) is 4.25. The second-order valence-corrected chi connectivity index (χ2v) is 25.9. The lowest BCUT2D eigenvalue weighted by molar-refractivity contribution is -0.152. The lowest BCUT2D eigenvalue weighted by atomic mass is 9.84. The van der Waals surface area contributed by atoms with Crippen molar-refractivity contribution < 1.29 is 65.9 Å². The van der Waals surface area contributed by atoms with Crippen molar-refractivity contribution >= 4 is 65.0 Å². The van der Waals surface area contributed by atoms with Crippen LogP contribution in [0.4, 0.5) is 13.2 Å². The monoisotopic (exact) mass is 1280 g/mol. The van der Waals surface area contributed by atoms with Crippen LogP contribution >= 0.6 is 0 Å². The molecule has 1 saturated carbocycles. The second-order valence-electron chi connectivity index (χ2n) is 25.9. The zero-order valence-corrected chi connectivity index (χ0v) is 55.5. The van der Waals surface area contributed by atoms with Gasteiger partial charge in [0.2, 0.25) is 65.0 Å². The van der Waals surface area contributed by atoms with Gasteiger partial charge in [-0.2, -0.15) is 13.2 Å². The van der Waals surface area contributed by atoms with E-state index < -0.39 is 151 Å². The van der Waals surface area contributed by atoms with Crippen molar-refractivity contribution in [3.8, 4) is 0 Å². The lowest BCUT2D eigenvalue weighted by Crippen LogP contribution is -2.59. The topological polar surface area (TPSA) is 250 Å². The summed E-state index contributed by atoms with van der Waals surface area (Å²) in [4.78, 5) is 169. The maximum atomic E-state index is 15.2. The molecule has 11 amide bonds. The zero-order valence-electron chi connectivity index (χ0n) is 55.5. The number of alkyl halides is 3. The molecule has 504 valence electrons. The van der Waals surface area contributed by atoms with E-state index in [4.69, 9.17) is 0 Å². The largest absolute Gasteiger partial charge is 0.416 e. The summed E-state index contributed by atoms with van der Waals surface area (Å²) in [5.41, 5.74) is 0.212. The van der Waals surface area contributed by atoms with Crippen LogP contribution in [0, 0.1) is 17.8 Å². The first-order valence-electron chi connectivity index (χ1n) is 31.9. The molecule has 2 aromatic rings. The van der Waals surface area contributed by atoms with Crippen LogP contribution in [0.5, 0.6) is 0 Å². The lowest BCUT2D eigenvalue weighted by Gasteiger charge is -2.37. The molecule has 3 N–H and O–H groups in total. The third kappa shape index (κ3) is 20.4. The first-order chi connectivity index (χ1) is 42.7. The summed E-state index contributed by atoms with van der Waals surface area (Å²) in [5.74, 6) is -7.46. The number of hydrogen-bond acceptors (Lipinski definition) is 11. The highest BCUT2D eigenvalue weighted by Gasteiger charge is 2.44. The zero-order chi connectivity index (χ0) is 67.8. The Hall–Kier alpha value is -7.60. The van der Waals surface area contributed by atoms with Gasteiger partial charge in [0.25, 0.3) is 0 Å². The van der Waals surface area contributed by atoms with Crippen molar-refractivity contribution in [2.24, 2.45) is 17.8 Å². The Balaban J connectivity index is 1.56. The van der Waals surface area contributed by atoms with Gasteiger partial charge in [-0.25, -0.2) is 0 Å². The number of hydrogen-bond donors (Lipinski definition) is 3. The van der Waals surface area contributed by atoms with Gasteiger partial charge in [-0.3, -0.25) is 52.7 Å². The molecule has 3 aliphatic rings. The Morgan fingerprint density at radius 2 is 1.16 bits per heavy atom. The van der Waals surface area contributed by atoms with Crippen LogP contribution in [-0.2, 0) is 71.8 Å². The molecule has 25 heteroatoms. The smallest absolute Gasteiger partial charge is 0.351 e. The molecular weight excluding hydrogens is 1180 g/mol. The van der Waals surface area contributed by atoms with Gasteiger partial charge in [-0.15, -0.1) is 0 Å². The standard InChI is InChI=1S/C66H98F3N11O11/c1-14-42(4)58-65(91)75(9)39-56(83)73(7)40-57(84)77(11)52(36-46-22-17-15-18-23-46)62(88)74(8)38-54(81)71-49(32-29-45-27-30-48(31-28-45)66(67,68)69)61(87)80-33-21-26-50(80)63(89)79(13)53(37-47-24-19-16-20-25-47)64(90)78(12)51(34-41(2)3)60(86)70-43(5)35-55(82)76(10)44(6)59(85)72-58/h16,19-20,24-25,27-28,30-31,41-44,46,49-53,58H,14-15,17-18,21-23,26,29,32-40H2,1-13H3,(H,70,86)(H,71,81)(H,72,85)/t42-,43+,44-,49-,50-,51-,52-,53-,58-/m0/s1. The molecule has 2 aromatic carbocycles. The minimum atomic E-state index is -4.61. The number of carbonyl (C=O) groups excluding carboxylic acids is 11. The highest BCUT2D eigenvalue weighted by atomic mass is 19.4. The fraction of sp³-hybridized carbons (Fsp3) is 0.652. The Kier molecular flexibility index (Phi) is 27.4. The van der Waals surface area contributed by atoms with E-state index in [1.54, 1.807) is 44.2 Å². The molecule has 2 heterocycles. The third-order valence-electron chi connectivity index (χ3n) is 18.4. The minimum Gasteiger partial charge on any atom is -0.351 e. The maximum Gasteiger partial charge on any atom is 0.416 e. The van der Waals surface area contributed by atoms with Crippen molar-refractivity contribution in [1.29, 1.82) is 0 Å². The molecule has 0 bridgehead atoms. The molecule has 91 heavy (non-hydrogen) atoms. The molecule has 0 unspecified atom stereocenters. The van der Waals surface area contributed by atoms with Crippen LogP contribution in [0.1, 0.15) is 135 Å². The quantitative estimate of drug-likeness (QED) is 0.282. The number of aryl methyl sites for hydroxylation is 1. The van der Waals surface area contributed by atoms with E-state index in [-0.39, 0.29) is 63.3 Å².